The van der Waals surface area contributed by atoms with E-state index in [1.165, 1.54) is 35.0 Å². The SMILES string of the molecule is CCCS(=O)(=O)Cc1nc(Oc2c(F)cccc2Cl)nc(-c2ccc(=O)n(C)c2)n1. The maximum Gasteiger partial charge on any atom is 0.325 e. The first-order valence-corrected chi connectivity index (χ1v) is 11.1. The molecule has 0 fully saturated rings. The number of ether oxygens (including phenoxy) is 1. The van der Waals surface area contributed by atoms with E-state index in [4.69, 9.17) is 16.3 Å². The van der Waals surface area contributed by atoms with Crippen molar-refractivity contribution in [2.24, 2.45) is 7.05 Å². The fraction of sp³-hybridized carbons (Fsp3) is 0.263. The lowest BCUT2D eigenvalue weighted by Gasteiger charge is -2.10. The van der Waals surface area contributed by atoms with E-state index in [1.54, 1.807) is 14.0 Å². The van der Waals surface area contributed by atoms with E-state index < -0.39 is 21.4 Å². The second-order valence-electron chi connectivity index (χ2n) is 6.47. The van der Waals surface area contributed by atoms with Crippen LogP contribution in [0.25, 0.3) is 11.4 Å². The van der Waals surface area contributed by atoms with E-state index in [0.717, 1.165) is 6.07 Å². The molecule has 3 aromatic rings. The van der Waals surface area contributed by atoms with Crippen molar-refractivity contribution >= 4 is 21.4 Å². The van der Waals surface area contributed by atoms with E-state index in [2.05, 4.69) is 15.0 Å². The number of sulfone groups is 1. The van der Waals surface area contributed by atoms with Gasteiger partial charge in [0.2, 0.25) is 5.56 Å². The third-order valence-corrected chi connectivity index (χ3v) is 6.01. The molecular formula is C19H18ClFN4O4S. The molecule has 0 bridgehead atoms. The molecular weight excluding hydrogens is 435 g/mol. The van der Waals surface area contributed by atoms with Crippen LogP contribution in [0.4, 0.5) is 4.39 Å². The second-order valence-corrected chi connectivity index (χ2v) is 9.06. The number of pyridine rings is 1. The summed E-state index contributed by atoms with van der Waals surface area (Å²) in [6.07, 6.45) is 1.93. The van der Waals surface area contributed by atoms with E-state index in [0.29, 0.717) is 12.0 Å². The number of halogens is 2. The van der Waals surface area contributed by atoms with Crippen LogP contribution in [0, 0.1) is 5.82 Å². The van der Waals surface area contributed by atoms with E-state index in [-0.39, 0.29) is 39.7 Å². The first-order chi connectivity index (χ1) is 14.2. The minimum absolute atomic E-state index is 0.000718. The first-order valence-electron chi connectivity index (χ1n) is 8.93. The van der Waals surface area contributed by atoms with Gasteiger partial charge in [-0.1, -0.05) is 24.6 Å². The Morgan fingerprint density at radius 2 is 1.93 bits per heavy atom. The molecule has 2 aromatic heterocycles. The predicted molar refractivity (Wildman–Crippen MR) is 110 cm³/mol. The molecule has 2 heterocycles. The summed E-state index contributed by atoms with van der Waals surface area (Å²) in [6, 6.07) is 6.49. The zero-order valence-electron chi connectivity index (χ0n) is 16.2. The molecule has 0 saturated heterocycles. The highest BCUT2D eigenvalue weighted by molar-refractivity contribution is 7.90. The molecule has 1 aromatic carbocycles. The fourth-order valence-corrected chi connectivity index (χ4v) is 4.11. The van der Waals surface area contributed by atoms with Crippen molar-refractivity contribution in [3.63, 3.8) is 0 Å². The first kappa shape index (κ1) is 21.8. The molecule has 0 radical (unpaired) electrons. The van der Waals surface area contributed by atoms with Crippen LogP contribution in [0.15, 0.2) is 41.3 Å². The second kappa shape index (κ2) is 8.88. The van der Waals surface area contributed by atoms with Gasteiger partial charge in [0, 0.05) is 24.9 Å². The van der Waals surface area contributed by atoms with Gasteiger partial charge in [0.15, 0.2) is 33.1 Å². The monoisotopic (exact) mass is 452 g/mol. The molecule has 0 N–H and O–H groups in total. The molecule has 0 aliphatic rings. The van der Waals surface area contributed by atoms with Crippen LogP contribution >= 0.6 is 11.6 Å². The Bertz CT molecular complexity index is 1230. The van der Waals surface area contributed by atoms with Crippen LogP contribution in [0.2, 0.25) is 5.02 Å². The fourth-order valence-electron chi connectivity index (χ4n) is 2.61. The lowest BCUT2D eigenvalue weighted by Crippen LogP contribution is -2.15. The van der Waals surface area contributed by atoms with Gasteiger partial charge in [0.05, 0.1) is 10.8 Å². The molecule has 0 saturated carbocycles. The van der Waals surface area contributed by atoms with Crippen LogP contribution < -0.4 is 10.3 Å². The third kappa shape index (κ3) is 5.19. The third-order valence-electron chi connectivity index (χ3n) is 3.98. The maximum atomic E-state index is 14.1. The van der Waals surface area contributed by atoms with Gasteiger partial charge >= 0.3 is 6.01 Å². The van der Waals surface area contributed by atoms with Crippen molar-refractivity contribution in [1.82, 2.24) is 19.5 Å². The van der Waals surface area contributed by atoms with Crippen molar-refractivity contribution < 1.29 is 17.5 Å². The van der Waals surface area contributed by atoms with Crippen LogP contribution in [-0.2, 0) is 22.6 Å². The zero-order chi connectivity index (χ0) is 21.9. The van der Waals surface area contributed by atoms with Crippen molar-refractivity contribution in [2.75, 3.05) is 5.75 Å². The Kier molecular flexibility index (Phi) is 6.47. The van der Waals surface area contributed by atoms with Crippen LogP contribution in [0.1, 0.15) is 19.2 Å². The van der Waals surface area contributed by atoms with Gasteiger partial charge in [0.25, 0.3) is 0 Å². The normalized spacial score (nSPS) is 11.5. The summed E-state index contributed by atoms with van der Waals surface area (Å²) in [5.41, 5.74) is 0.186. The van der Waals surface area contributed by atoms with E-state index >= 15 is 0 Å². The molecule has 30 heavy (non-hydrogen) atoms. The average Bonchev–Trinajstić information content (AvgIpc) is 2.66. The van der Waals surface area contributed by atoms with Crippen LogP contribution in [0.3, 0.4) is 0 Å². The molecule has 0 atom stereocenters. The minimum atomic E-state index is -3.47. The summed E-state index contributed by atoms with van der Waals surface area (Å²) in [5, 5.41) is -0.000718. The van der Waals surface area contributed by atoms with Gasteiger partial charge in [-0.25, -0.2) is 17.8 Å². The molecule has 8 nitrogen and oxygen atoms in total. The van der Waals surface area contributed by atoms with Crippen molar-refractivity contribution in [3.8, 4) is 23.1 Å². The lowest BCUT2D eigenvalue weighted by molar-refractivity contribution is 0.408. The van der Waals surface area contributed by atoms with Crippen molar-refractivity contribution in [2.45, 2.75) is 19.1 Å². The topological polar surface area (TPSA) is 104 Å². The van der Waals surface area contributed by atoms with Crippen molar-refractivity contribution in [3.05, 3.63) is 63.5 Å². The largest absolute Gasteiger partial charge is 0.419 e. The highest BCUT2D eigenvalue weighted by Gasteiger charge is 2.19. The molecule has 0 unspecified atom stereocenters. The highest BCUT2D eigenvalue weighted by atomic mass is 35.5. The molecule has 11 heteroatoms. The standard InChI is InChI=1S/C19H18ClFN4O4S/c1-3-9-30(27,28)11-15-22-18(12-7-8-16(26)25(2)10-12)24-19(23-15)29-17-13(20)5-4-6-14(17)21/h4-8,10H,3,9,11H2,1-2H3. The summed E-state index contributed by atoms with van der Waals surface area (Å²) in [4.78, 5) is 24.0. The quantitative estimate of drug-likeness (QED) is 0.542. The Balaban J connectivity index is 2.10. The molecule has 158 valence electrons. The van der Waals surface area contributed by atoms with E-state index in [1.807, 2.05) is 0 Å². The lowest BCUT2D eigenvalue weighted by atomic mass is 10.2. The summed E-state index contributed by atoms with van der Waals surface area (Å²) < 4.78 is 45.4. The smallest absolute Gasteiger partial charge is 0.325 e. The molecule has 0 spiro atoms. The summed E-state index contributed by atoms with van der Waals surface area (Å²) in [7, 11) is -1.92. The van der Waals surface area contributed by atoms with Crippen LogP contribution in [-0.4, -0.2) is 33.7 Å². The molecule has 0 amide bonds. The Morgan fingerprint density at radius 1 is 1.17 bits per heavy atom. The maximum absolute atomic E-state index is 14.1. The zero-order valence-corrected chi connectivity index (χ0v) is 17.7. The number of hydrogen-bond donors (Lipinski definition) is 0. The molecule has 0 aliphatic heterocycles. The number of rotatable bonds is 7. The Hall–Kier alpha value is -2.85. The van der Waals surface area contributed by atoms with Gasteiger partial charge in [-0.05, 0) is 24.6 Å². The number of aromatic nitrogens is 4. The number of para-hydroxylation sites is 1. The number of nitrogens with zero attached hydrogens (tertiary/aromatic N) is 4. The highest BCUT2D eigenvalue weighted by Crippen LogP contribution is 2.31. The minimum Gasteiger partial charge on any atom is -0.419 e. The van der Waals surface area contributed by atoms with Crippen LogP contribution in [0.5, 0.6) is 11.8 Å². The predicted octanol–water partition coefficient (Wildman–Crippen LogP) is 3.15. The van der Waals surface area contributed by atoms with Gasteiger partial charge in [0.1, 0.15) is 5.75 Å². The average molecular weight is 453 g/mol. The van der Waals surface area contributed by atoms with Gasteiger partial charge in [-0.3, -0.25) is 4.79 Å². The summed E-state index contributed by atoms with van der Waals surface area (Å²) >= 11 is 5.99. The molecule has 3 rings (SSSR count). The number of benzene rings is 1. The summed E-state index contributed by atoms with van der Waals surface area (Å²) in [6.45, 7) is 1.75. The van der Waals surface area contributed by atoms with Gasteiger partial charge < -0.3 is 9.30 Å². The van der Waals surface area contributed by atoms with E-state index in [9.17, 15) is 17.6 Å². The number of aryl methyl sites for hydroxylation is 1. The Morgan fingerprint density at radius 3 is 2.60 bits per heavy atom. The summed E-state index contributed by atoms with van der Waals surface area (Å²) in [5.74, 6) is -1.49. The number of hydrogen-bond acceptors (Lipinski definition) is 7. The van der Waals surface area contributed by atoms with Gasteiger partial charge in [-0.2, -0.15) is 9.97 Å². The van der Waals surface area contributed by atoms with Gasteiger partial charge in [-0.15, -0.1) is 0 Å². The Labute approximate surface area is 177 Å². The van der Waals surface area contributed by atoms with Crippen molar-refractivity contribution in [1.29, 1.82) is 0 Å². The molecule has 0 aliphatic carbocycles.